The summed E-state index contributed by atoms with van der Waals surface area (Å²) in [6.45, 7) is 8.28. The van der Waals surface area contributed by atoms with Crippen LogP contribution < -0.4 is 0 Å². The first-order chi connectivity index (χ1) is 12.6. The summed E-state index contributed by atoms with van der Waals surface area (Å²) in [6.07, 6.45) is 3.14. The number of thioether (sulfide) groups is 2. The molecule has 4 heteroatoms. The molecule has 0 saturated carbocycles. The predicted molar refractivity (Wildman–Crippen MR) is 113 cm³/mol. The van der Waals surface area contributed by atoms with Crippen LogP contribution in [0.1, 0.15) is 26.7 Å². The van der Waals surface area contributed by atoms with Gasteiger partial charge in [-0.1, -0.05) is 42.5 Å². The van der Waals surface area contributed by atoms with Crippen molar-refractivity contribution in [1.29, 1.82) is 0 Å². The quantitative estimate of drug-likeness (QED) is 0.203. The molecule has 2 rings (SSSR count). The molecule has 1 unspecified atom stereocenters. The summed E-state index contributed by atoms with van der Waals surface area (Å²) in [5.41, 5.74) is 0. The number of esters is 1. The fourth-order valence-electron chi connectivity index (χ4n) is 2.75. The highest BCUT2D eigenvalue weighted by Crippen LogP contribution is 2.49. The van der Waals surface area contributed by atoms with Crippen LogP contribution in [0, 0.1) is 5.92 Å². The average molecular weight is 387 g/mol. The lowest BCUT2D eigenvalue weighted by Crippen LogP contribution is -2.26. The molecule has 0 aliphatic rings. The Hall–Kier alpha value is -1.65. The lowest BCUT2D eigenvalue weighted by Gasteiger charge is -2.31. The molecule has 0 fully saturated rings. The highest BCUT2D eigenvalue weighted by Gasteiger charge is 2.34. The molecule has 26 heavy (non-hydrogen) atoms. The van der Waals surface area contributed by atoms with Crippen LogP contribution in [0.5, 0.6) is 0 Å². The van der Waals surface area contributed by atoms with Crippen molar-refractivity contribution in [3.63, 3.8) is 0 Å². The van der Waals surface area contributed by atoms with Gasteiger partial charge in [0.1, 0.15) is 0 Å². The third-order valence-electron chi connectivity index (χ3n) is 3.84. The Morgan fingerprint density at radius 2 is 1.58 bits per heavy atom. The summed E-state index contributed by atoms with van der Waals surface area (Å²) < 4.78 is 5.09. The zero-order valence-electron chi connectivity index (χ0n) is 15.4. The van der Waals surface area contributed by atoms with Crippen LogP contribution in [-0.4, -0.2) is 16.7 Å². The zero-order valence-corrected chi connectivity index (χ0v) is 17.0. The van der Waals surface area contributed by atoms with E-state index in [0.717, 1.165) is 0 Å². The third kappa shape index (κ3) is 6.58. The van der Waals surface area contributed by atoms with E-state index < -0.39 is 0 Å². The molecule has 0 amide bonds. The number of carbonyl (C=O) groups is 1. The monoisotopic (exact) mass is 386 g/mol. The lowest BCUT2D eigenvalue weighted by molar-refractivity contribution is -0.148. The largest absolute Gasteiger partial charge is 0.466 e. The molecule has 0 N–H and O–H groups in total. The second kappa shape index (κ2) is 10.5. The molecule has 0 saturated heterocycles. The molecule has 2 aromatic carbocycles. The van der Waals surface area contributed by atoms with Crippen LogP contribution in [-0.2, 0) is 9.53 Å². The fourth-order valence-corrected chi connectivity index (χ4v) is 5.65. The molecule has 0 spiro atoms. The molecule has 2 nitrogen and oxygen atoms in total. The van der Waals surface area contributed by atoms with E-state index in [-0.39, 0.29) is 16.0 Å². The summed E-state index contributed by atoms with van der Waals surface area (Å²) in [6, 6.07) is 20.7. The average Bonchev–Trinajstić information content (AvgIpc) is 2.63. The van der Waals surface area contributed by atoms with Gasteiger partial charge in [-0.05, 0) is 51.0 Å². The minimum absolute atomic E-state index is 0.138. The second-order valence-corrected chi connectivity index (χ2v) is 9.55. The Kier molecular flexibility index (Phi) is 8.33. The third-order valence-corrected chi connectivity index (χ3v) is 6.55. The van der Waals surface area contributed by atoms with Crippen molar-refractivity contribution in [3.8, 4) is 0 Å². The van der Waals surface area contributed by atoms with Crippen LogP contribution >= 0.6 is 23.5 Å². The Morgan fingerprint density at radius 3 is 2.00 bits per heavy atom. The topological polar surface area (TPSA) is 26.3 Å². The van der Waals surface area contributed by atoms with E-state index in [1.807, 2.05) is 49.4 Å². The van der Waals surface area contributed by atoms with Crippen molar-refractivity contribution < 1.29 is 9.53 Å². The normalized spacial score (nSPS) is 12.4. The Labute approximate surface area is 165 Å². The van der Waals surface area contributed by atoms with Crippen LogP contribution in [0.25, 0.3) is 0 Å². The van der Waals surface area contributed by atoms with Gasteiger partial charge in [-0.2, -0.15) is 0 Å². The van der Waals surface area contributed by atoms with Gasteiger partial charge in [-0.15, -0.1) is 30.1 Å². The van der Waals surface area contributed by atoms with Crippen molar-refractivity contribution in [1.82, 2.24) is 0 Å². The molecule has 0 bridgehead atoms. The molecule has 0 heterocycles. The van der Waals surface area contributed by atoms with E-state index in [1.54, 1.807) is 23.5 Å². The van der Waals surface area contributed by atoms with E-state index in [1.165, 1.54) is 9.79 Å². The van der Waals surface area contributed by atoms with E-state index in [0.29, 0.717) is 19.4 Å². The van der Waals surface area contributed by atoms with Gasteiger partial charge >= 0.3 is 5.97 Å². The number of rotatable bonds is 10. The Balaban J connectivity index is 2.25. The van der Waals surface area contributed by atoms with Gasteiger partial charge in [0.2, 0.25) is 0 Å². The summed E-state index contributed by atoms with van der Waals surface area (Å²) in [7, 11) is 0. The fraction of sp³-hybridized carbons (Fsp3) is 0.318. The van der Waals surface area contributed by atoms with Gasteiger partial charge in [-0.25, -0.2) is 0 Å². The molecule has 0 aliphatic carbocycles. The number of ether oxygens (including phenoxy) is 1. The highest BCUT2D eigenvalue weighted by atomic mass is 32.2. The minimum Gasteiger partial charge on any atom is -0.466 e. The summed E-state index contributed by atoms with van der Waals surface area (Å²) in [4.78, 5) is 14.8. The van der Waals surface area contributed by atoms with Crippen molar-refractivity contribution in [2.45, 2.75) is 40.6 Å². The standard InChI is InChI=1S/C22H26O2S2/c1-4-12-18(21(23)24-5-2)17-22(3,25-19-13-8-6-9-14-19)26-20-15-10-7-11-16-20/h4,6-11,13-16,18H,1,5,12,17H2,2-3H3. The molecular weight excluding hydrogens is 360 g/mol. The van der Waals surface area contributed by atoms with E-state index >= 15 is 0 Å². The highest BCUT2D eigenvalue weighted by molar-refractivity contribution is 8.18. The Bertz CT molecular complexity index is 644. The van der Waals surface area contributed by atoms with E-state index in [2.05, 4.69) is 37.8 Å². The summed E-state index contributed by atoms with van der Waals surface area (Å²) >= 11 is 3.59. The van der Waals surface area contributed by atoms with Crippen LogP contribution in [0.15, 0.2) is 83.1 Å². The maximum absolute atomic E-state index is 12.4. The van der Waals surface area contributed by atoms with Gasteiger partial charge < -0.3 is 4.74 Å². The van der Waals surface area contributed by atoms with Gasteiger partial charge in [-0.3, -0.25) is 4.79 Å². The zero-order chi connectivity index (χ0) is 18.8. The van der Waals surface area contributed by atoms with Gasteiger partial charge in [0, 0.05) is 9.79 Å². The number of hydrogen-bond acceptors (Lipinski definition) is 4. The first-order valence-electron chi connectivity index (χ1n) is 8.82. The van der Waals surface area contributed by atoms with Crippen molar-refractivity contribution in [2.24, 2.45) is 5.92 Å². The van der Waals surface area contributed by atoms with Crippen molar-refractivity contribution in [3.05, 3.63) is 73.3 Å². The van der Waals surface area contributed by atoms with Gasteiger partial charge in [0.05, 0.1) is 16.6 Å². The molecule has 138 valence electrons. The maximum Gasteiger partial charge on any atom is 0.309 e. The molecule has 1 atom stereocenters. The number of benzene rings is 2. The Morgan fingerprint density at radius 1 is 1.08 bits per heavy atom. The molecular formula is C22H26O2S2. The molecule has 0 aromatic heterocycles. The van der Waals surface area contributed by atoms with Gasteiger partial charge in [0.15, 0.2) is 0 Å². The van der Waals surface area contributed by atoms with Crippen LogP contribution in [0.4, 0.5) is 0 Å². The molecule has 2 aromatic rings. The van der Waals surface area contributed by atoms with E-state index in [4.69, 9.17) is 4.74 Å². The van der Waals surface area contributed by atoms with Crippen LogP contribution in [0.3, 0.4) is 0 Å². The number of hydrogen-bond donors (Lipinski definition) is 0. The minimum atomic E-state index is -0.205. The van der Waals surface area contributed by atoms with E-state index in [9.17, 15) is 4.79 Å². The summed E-state index contributed by atoms with van der Waals surface area (Å²) in [5, 5.41) is 0. The predicted octanol–water partition coefficient (Wildman–Crippen LogP) is 6.43. The SMILES string of the molecule is C=CCC(CC(C)(Sc1ccccc1)Sc1ccccc1)C(=O)OCC. The second-order valence-electron chi connectivity index (χ2n) is 6.14. The van der Waals surface area contributed by atoms with Crippen molar-refractivity contribution in [2.75, 3.05) is 6.61 Å². The van der Waals surface area contributed by atoms with Gasteiger partial charge in [0.25, 0.3) is 0 Å². The smallest absolute Gasteiger partial charge is 0.309 e. The number of carbonyl (C=O) groups excluding carboxylic acids is 1. The summed E-state index contributed by atoms with van der Waals surface area (Å²) in [5.74, 6) is -0.328. The van der Waals surface area contributed by atoms with Crippen molar-refractivity contribution >= 4 is 29.5 Å². The van der Waals surface area contributed by atoms with Crippen LogP contribution in [0.2, 0.25) is 0 Å². The lowest BCUT2D eigenvalue weighted by atomic mass is 9.99. The molecule has 0 radical (unpaired) electrons. The molecule has 0 aliphatic heterocycles. The first-order valence-corrected chi connectivity index (χ1v) is 10.5. The first kappa shape index (κ1) is 20.7. The maximum atomic E-state index is 12.4. The number of allylic oxidation sites excluding steroid dienone is 1.